The molecule has 0 aromatic carbocycles. The Hall–Kier alpha value is -2.56. The number of piperidine rings is 2. The number of nitrogens with zero attached hydrogens (tertiary/aromatic N) is 2. The summed E-state index contributed by atoms with van der Waals surface area (Å²) in [7, 11) is 2.62. The van der Waals surface area contributed by atoms with E-state index >= 15 is 0 Å². The maximum absolute atomic E-state index is 12.1. The number of rotatable bonds is 2. The maximum Gasteiger partial charge on any atom is 0.411 e. The molecule has 0 bridgehead atoms. The van der Waals surface area contributed by atoms with Crippen molar-refractivity contribution in [3.63, 3.8) is 0 Å². The highest BCUT2D eigenvalue weighted by Crippen LogP contribution is 2.25. The SMILES string of the molecule is C.COC(=O)[C@@H]1CC[C@H](C)CN1C(=O)OC(C)(C)C.COC(=O)[C@@H]1CC[C@H](O)CN1C(=O)OC(C)(C)C. The van der Waals surface area contributed by atoms with Crippen molar-refractivity contribution in [2.75, 3.05) is 27.3 Å². The number of hydrogen-bond donors (Lipinski definition) is 1. The summed E-state index contributed by atoms with van der Waals surface area (Å²) in [4.78, 5) is 50.1. The molecule has 2 aliphatic rings. The van der Waals surface area contributed by atoms with Crippen LogP contribution in [-0.2, 0) is 28.5 Å². The minimum Gasteiger partial charge on any atom is -0.467 e. The van der Waals surface area contributed by atoms with Crippen LogP contribution in [0, 0.1) is 5.92 Å². The minimum absolute atomic E-state index is 0. The van der Waals surface area contributed by atoms with Crippen molar-refractivity contribution < 1.29 is 43.2 Å². The highest BCUT2D eigenvalue weighted by atomic mass is 16.6. The third-order valence-electron chi connectivity index (χ3n) is 5.58. The lowest BCUT2D eigenvalue weighted by molar-refractivity contribution is -0.149. The molecule has 2 fully saturated rings. The van der Waals surface area contributed by atoms with Crippen LogP contribution in [0.1, 0.15) is 81.6 Å². The molecule has 0 aromatic rings. The lowest BCUT2D eigenvalue weighted by Crippen LogP contribution is -2.53. The molecule has 0 radical (unpaired) electrons. The molecule has 0 aliphatic carbocycles. The third kappa shape index (κ3) is 11.6. The third-order valence-corrected chi connectivity index (χ3v) is 5.58. The lowest BCUT2D eigenvalue weighted by atomic mass is 9.94. The zero-order valence-electron chi connectivity index (χ0n) is 23.2. The molecule has 37 heavy (non-hydrogen) atoms. The lowest BCUT2D eigenvalue weighted by Gasteiger charge is -2.37. The first-order valence-electron chi connectivity index (χ1n) is 12.3. The zero-order valence-corrected chi connectivity index (χ0v) is 23.2. The van der Waals surface area contributed by atoms with E-state index in [-0.39, 0.29) is 19.9 Å². The fourth-order valence-corrected chi connectivity index (χ4v) is 3.91. The van der Waals surface area contributed by atoms with Gasteiger partial charge in [-0.1, -0.05) is 14.4 Å². The number of methoxy groups -OCH3 is 2. The van der Waals surface area contributed by atoms with Gasteiger partial charge in [0.25, 0.3) is 0 Å². The molecule has 2 saturated heterocycles. The molecule has 2 heterocycles. The average Bonchev–Trinajstić information content (AvgIpc) is 2.76. The Kier molecular flexibility index (Phi) is 13.4. The monoisotopic (exact) mass is 532 g/mol. The van der Waals surface area contributed by atoms with Gasteiger partial charge in [-0.2, -0.15) is 0 Å². The van der Waals surface area contributed by atoms with Gasteiger partial charge >= 0.3 is 24.1 Å². The van der Waals surface area contributed by atoms with Gasteiger partial charge in [0.15, 0.2) is 0 Å². The predicted octanol–water partition coefficient (Wildman–Crippen LogP) is 3.75. The molecule has 2 rings (SSSR count). The van der Waals surface area contributed by atoms with Crippen LogP contribution >= 0.6 is 0 Å². The Labute approximate surface area is 221 Å². The molecule has 0 spiro atoms. The summed E-state index contributed by atoms with van der Waals surface area (Å²) in [6.45, 7) is 13.4. The first kappa shape index (κ1) is 34.4. The van der Waals surface area contributed by atoms with E-state index in [4.69, 9.17) is 14.2 Å². The molecule has 0 unspecified atom stereocenters. The number of aliphatic hydroxyl groups excluding tert-OH is 1. The van der Waals surface area contributed by atoms with Crippen molar-refractivity contribution in [2.45, 2.75) is 111 Å². The Morgan fingerprint density at radius 1 is 0.703 bits per heavy atom. The van der Waals surface area contributed by atoms with E-state index in [1.807, 2.05) is 20.8 Å². The summed E-state index contributed by atoms with van der Waals surface area (Å²) in [5.41, 5.74) is -1.20. The van der Waals surface area contributed by atoms with Gasteiger partial charge in [0.05, 0.1) is 26.9 Å². The van der Waals surface area contributed by atoms with Gasteiger partial charge in [-0.25, -0.2) is 19.2 Å². The summed E-state index contributed by atoms with van der Waals surface area (Å²) in [5.74, 6) is -0.473. The molecule has 2 aliphatic heterocycles. The number of esters is 2. The number of likely N-dealkylation sites (tertiary alicyclic amines) is 2. The van der Waals surface area contributed by atoms with Crippen LogP contribution in [0.3, 0.4) is 0 Å². The summed E-state index contributed by atoms with van der Waals surface area (Å²) in [6.07, 6.45) is 0.734. The van der Waals surface area contributed by atoms with Gasteiger partial charge in [-0.15, -0.1) is 0 Å². The molecular formula is C26H48N2O9. The van der Waals surface area contributed by atoms with Crippen LogP contribution in [0.4, 0.5) is 9.59 Å². The molecule has 216 valence electrons. The molecule has 0 aromatic heterocycles. The fraction of sp³-hybridized carbons (Fsp3) is 0.846. The van der Waals surface area contributed by atoms with Gasteiger partial charge in [-0.05, 0) is 73.1 Å². The number of ether oxygens (including phenoxy) is 4. The highest BCUT2D eigenvalue weighted by molar-refractivity contribution is 5.82. The van der Waals surface area contributed by atoms with Crippen LogP contribution in [0.2, 0.25) is 0 Å². The summed E-state index contributed by atoms with van der Waals surface area (Å²) in [5, 5.41) is 9.60. The van der Waals surface area contributed by atoms with Gasteiger partial charge < -0.3 is 24.1 Å². The predicted molar refractivity (Wildman–Crippen MR) is 138 cm³/mol. The van der Waals surface area contributed by atoms with E-state index in [1.54, 1.807) is 20.8 Å². The van der Waals surface area contributed by atoms with Crippen molar-refractivity contribution in [3.8, 4) is 0 Å². The molecule has 0 saturated carbocycles. The van der Waals surface area contributed by atoms with E-state index < -0.39 is 47.5 Å². The molecule has 4 atom stereocenters. The Balaban J connectivity index is 0.000000682. The molecule has 11 heteroatoms. The first-order chi connectivity index (χ1) is 16.5. The van der Waals surface area contributed by atoms with Crippen molar-refractivity contribution >= 4 is 24.1 Å². The molecular weight excluding hydrogens is 484 g/mol. The van der Waals surface area contributed by atoms with Gasteiger partial charge in [0.1, 0.15) is 23.3 Å². The van der Waals surface area contributed by atoms with E-state index in [9.17, 15) is 24.3 Å². The molecule has 1 N–H and O–H groups in total. The van der Waals surface area contributed by atoms with E-state index in [2.05, 4.69) is 11.7 Å². The normalized spacial score (nSPS) is 23.9. The number of hydrogen-bond acceptors (Lipinski definition) is 9. The smallest absolute Gasteiger partial charge is 0.411 e. The zero-order chi connectivity index (χ0) is 27.8. The number of β-amino-alcohol motifs (C(OH)–C–C–N with tert-alkyl or cyclic N) is 1. The van der Waals surface area contributed by atoms with Crippen molar-refractivity contribution in [1.29, 1.82) is 0 Å². The summed E-state index contributed by atoms with van der Waals surface area (Å²) < 4.78 is 20.0. The standard InChI is InChI=1S/C13H23NO4.C12H21NO5.CH4/c1-9-6-7-10(11(15)17-5)14(8-9)12(16)18-13(2,3)4;1-12(2,3)18-11(16)13-7-8(14)5-6-9(13)10(15)17-4;/h9-10H,6-8H2,1-5H3;8-9,14H,5-7H2,1-4H3;1H4/t9-,10-;8-,9-;/m00./s1. The second kappa shape index (κ2) is 14.4. The quantitative estimate of drug-likeness (QED) is 0.417. The largest absolute Gasteiger partial charge is 0.467 e. The maximum atomic E-state index is 12.1. The van der Waals surface area contributed by atoms with Crippen LogP contribution in [0.15, 0.2) is 0 Å². The van der Waals surface area contributed by atoms with Gasteiger partial charge in [-0.3, -0.25) is 9.80 Å². The van der Waals surface area contributed by atoms with E-state index in [0.717, 1.165) is 6.42 Å². The Bertz CT molecular complexity index is 709. The summed E-state index contributed by atoms with van der Waals surface area (Å²) in [6, 6.07) is -1.19. The molecule has 11 nitrogen and oxygen atoms in total. The second-order valence-electron chi connectivity index (χ2n) is 11.3. The molecule has 2 amide bonds. The first-order valence-corrected chi connectivity index (χ1v) is 12.3. The Morgan fingerprint density at radius 3 is 1.46 bits per heavy atom. The van der Waals surface area contributed by atoms with Gasteiger partial charge in [0.2, 0.25) is 0 Å². The van der Waals surface area contributed by atoms with Crippen LogP contribution in [0.25, 0.3) is 0 Å². The highest BCUT2D eigenvalue weighted by Gasteiger charge is 2.39. The number of aliphatic hydroxyl groups is 1. The van der Waals surface area contributed by atoms with Crippen molar-refractivity contribution in [1.82, 2.24) is 9.80 Å². The Morgan fingerprint density at radius 2 is 1.08 bits per heavy atom. The topological polar surface area (TPSA) is 132 Å². The van der Waals surface area contributed by atoms with Crippen LogP contribution in [0.5, 0.6) is 0 Å². The van der Waals surface area contributed by atoms with Crippen molar-refractivity contribution in [3.05, 3.63) is 0 Å². The van der Waals surface area contributed by atoms with Gasteiger partial charge in [0, 0.05) is 6.54 Å². The number of carbonyl (C=O) groups is 4. The van der Waals surface area contributed by atoms with E-state index in [0.29, 0.717) is 31.7 Å². The van der Waals surface area contributed by atoms with Crippen LogP contribution < -0.4 is 0 Å². The van der Waals surface area contributed by atoms with Crippen molar-refractivity contribution in [2.24, 2.45) is 5.92 Å². The van der Waals surface area contributed by atoms with Crippen LogP contribution in [-0.4, -0.2) is 95.7 Å². The number of amides is 2. The average molecular weight is 533 g/mol. The number of carbonyl (C=O) groups excluding carboxylic acids is 4. The van der Waals surface area contributed by atoms with E-state index in [1.165, 1.54) is 24.0 Å². The summed E-state index contributed by atoms with van der Waals surface area (Å²) >= 11 is 0. The second-order valence-corrected chi connectivity index (χ2v) is 11.3. The fourth-order valence-electron chi connectivity index (χ4n) is 3.91. The minimum atomic E-state index is -0.673.